The molecule has 1 rings (SSSR count). The van der Waals surface area contributed by atoms with Crippen LogP contribution in [0, 0.1) is 11.8 Å². The lowest BCUT2D eigenvalue weighted by Gasteiger charge is -2.18. The quantitative estimate of drug-likeness (QED) is 0.612. The summed E-state index contributed by atoms with van der Waals surface area (Å²) in [5.74, 6) is 0.758. The van der Waals surface area contributed by atoms with Gasteiger partial charge in [-0.15, -0.1) is 0 Å². The van der Waals surface area contributed by atoms with Gasteiger partial charge in [-0.3, -0.25) is 0 Å². The molecule has 0 saturated carbocycles. The molecule has 0 aliphatic rings. The SMILES string of the molecule is CCOC(=O)c1cccc(NCC(C)C(C)C)c1N. The van der Waals surface area contributed by atoms with Crippen molar-refractivity contribution in [3.8, 4) is 0 Å². The molecule has 0 spiro atoms. The molecule has 0 radical (unpaired) electrons. The lowest BCUT2D eigenvalue weighted by Crippen LogP contribution is -2.18. The molecule has 0 fully saturated rings. The predicted octanol–water partition coefficient (Wildman–Crippen LogP) is 3.15. The van der Waals surface area contributed by atoms with Crippen LogP contribution in [0.25, 0.3) is 0 Å². The van der Waals surface area contributed by atoms with Gasteiger partial charge in [-0.05, 0) is 30.9 Å². The van der Waals surface area contributed by atoms with Crippen LogP contribution < -0.4 is 11.1 Å². The lowest BCUT2D eigenvalue weighted by atomic mass is 9.98. The van der Waals surface area contributed by atoms with E-state index in [-0.39, 0.29) is 5.97 Å². The molecule has 1 aromatic rings. The summed E-state index contributed by atoms with van der Waals surface area (Å²) in [5, 5.41) is 3.30. The largest absolute Gasteiger partial charge is 0.462 e. The molecule has 1 aromatic carbocycles. The van der Waals surface area contributed by atoms with Crippen molar-refractivity contribution in [2.75, 3.05) is 24.2 Å². The first-order valence-corrected chi connectivity index (χ1v) is 6.76. The van der Waals surface area contributed by atoms with Crippen LogP contribution in [-0.4, -0.2) is 19.1 Å². The Morgan fingerprint density at radius 1 is 1.37 bits per heavy atom. The van der Waals surface area contributed by atoms with E-state index >= 15 is 0 Å². The molecule has 106 valence electrons. The van der Waals surface area contributed by atoms with Gasteiger partial charge in [0.15, 0.2) is 0 Å². The first-order valence-electron chi connectivity index (χ1n) is 6.76. The number of nitrogens with two attached hydrogens (primary N) is 1. The number of nitrogens with one attached hydrogen (secondary N) is 1. The highest BCUT2D eigenvalue weighted by Crippen LogP contribution is 2.24. The van der Waals surface area contributed by atoms with Crippen LogP contribution in [0.1, 0.15) is 38.1 Å². The van der Waals surface area contributed by atoms with E-state index in [4.69, 9.17) is 10.5 Å². The molecule has 1 atom stereocenters. The summed E-state index contributed by atoms with van der Waals surface area (Å²) in [6, 6.07) is 5.38. The Kier molecular flexibility index (Phi) is 5.67. The van der Waals surface area contributed by atoms with Gasteiger partial charge in [0.25, 0.3) is 0 Å². The lowest BCUT2D eigenvalue weighted by molar-refractivity contribution is 0.0527. The van der Waals surface area contributed by atoms with Crippen molar-refractivity contribution in [1.29, 1.82) is 0 Å². The smallest absolute Gasteiger partial charge is 0.340 e. The molecule has 0 aromatic heterocycles. The van der Waals surface area contributed by atoms with E-state index in [2.05, 4.69) is 26.1 Å². The maximum Gasteiger partial charge on any atom is 0.340 e. The van der Waals surface area contributed by atoms with Crippen molar-refractivity contribution in [1.82, 2.24) is 0 Å². The van der Waals surface area contributed by atoms with E-state index in [1.165, 1.54) is 0 Å². The summed E-state index contributed by atoms with van der Waals surface area (Å²) >= 11 is 0. The van der Waals surface area contributed by atoms with Crippen LogP contribution in [0.3, 0.4) is 0 Å². The number of anilines is 2. The minimum Gasteiger partial charge on any atom is -0.462 e. The Hall–Kier alpha value is -1.71. The van der Waals surface area contributed by atoms with Gasteiger partial charge < -0.3 is 15.8 Å². The first kappa shape index (κ1) is 15.3. The second kappa shape index (κ2) is 7.02. The van der Waals surface area contributed by atoms with Crippen LogP contribution in [0.2, 0.25) is 0 Å². The molecule has 0 saturated heterocycles. The molecule has 4 heteroatoms. The number of rotatable bonds is 6. The number of hydrogen-bond acceptors (Lipinski definition) is 4. The van der Waals surface area contributed by atoms with E-state index in [1.54, 1.807) is 13.0 Å². The number of hydrogen-bond donors (Lipinski definition) is 2. The Morgan fingerprint density at radius 2 is 2.05 bits per heavy atom. The van der Waals surface area contributed by atoms with Gasteiger partial charge in [0.2, 0.25) is 0 Å². The standard InChI is InChI=1S/C15H24N2O2/c1-5-19-15(18)12-7-6-8-13(14(12)16)17-9-11(4)10(2)3/h6-8,10-11,17H,5,9,16H2,1-4H3. The van der Waals surface area contributed by atoms with Crippen molar-refractivity contribution in [2.45, 2.75) is 27.7 Å². The fourth-order valence-electron chi connectivity index (χ4n) is 1.61. The van der Waals surface area contributed by atoms with E-state index in [1.807, 2.05) is 12.1 Å². The normalized spacial score (nSPS) is 12.3. The number of carbonyl (C=O) groups is 1. The number of esters is 1. The van der Waals surface area contributed by atoms with Crippen molar-refractivity contribution in [3.63, 3.8) is 0 Å². The van der Waals surface area contributed by atoms with Gasteiger partial charge in [-0.2, -0.15) is 0 Å². The van der Waals surface area contributed by atoms with Crippen molar-refractivity contribution in [2.24, 2.45) is 11.8 Å². The second-order valence-corrected chi connectivity index (χ2v) is 5.09. The Bertz CT molecular complexity index is 430. The van der Waals surface area contributed by atoms with Gasteiger partial charge >= 0.3 is 5.97 Å². The van der Waals surface area contributed by atoms with Crippen molar-refractivity contribution >= 4 is 17.3 Å². The summed E-state index contributed by atoms with van der Waals surface area (Å²) < 4.78 is 4.98. The molecule has 0 aliphatic carbocycles. The summed E-state index contributed by atoms with van der Waals surface area (Å²) in [5.41, 5.74) is 7.68. The average Bonchev–Trinajstić information content (AvgIpc) is 2.37. The Morgan fingerprint density at radius 3 is 2.63 bits per heavy atom. The van der Waals surface area contributed by atoms with Gasteiger partial charge in [-0.1, -0.05) is 26.8 Å². The van der Waals surface area contributed by atoms with E-state index in [0.717, 1.165) is 12.2 Å². The first-order chi connectivity index (χ1) is 8.97. The van der Waals surface area contributed by atoms with Gasteiger partial charge in [0.05, 0.1) is 23.5 Å². The summed E-state index contributed by atoms with van der Waals surface area (Å²) in [6.07, 6.45) is 0. The number of nitrogen functional groups attached to an aromatic ring is 1. The van der Waals surface area contributed by atoms with E-state index < -0.39 is 0 Å². The maximum absolute atomic E-state index is 11.7. The predicted molar refractivity (Wildman–Crippen MR) is 79.3 cm³/mol. The van der Waals surface area contributed by atoms with Gasteiger partial charge in [0.1, 0.15) is 0 Å². The topological polar surface area (TPSA) is 64.3 Å². The van der Waals surface area contributed by atoms with Crippen LogP contribution in [0.5, 0.6) is 0 Å². The Labute approximate surface area is 115 Å². The molecule has 0 amide bonds. The molecule has 3 N–H and O–H groups in total. The van der Waals surface area contributed by atoms with Gasteiger partial charge in [0, 0.05) is 6.54 Å². The second-order valence-electron chi connectivity index (χ2n) is 5.09. The zero-order chi connectivity index (χ0) is 14.4. The van der Waals surface area contributed by atoms with Crippen LogP contribution in [-0.2, 0) is 4.74 Å². The van der Waals surface area contributed by atoms with Gasteiger partial charge in [-0.25, -0.2) is 4.79 Å². The summed E-state index contributed by atoms with van der Waals surface area (Å²) in [4.78, 5) is 11.7. The highest BCUT2D eigenvalue weighted by Gasteiger charge is 2.14. The third-order valence-corrected chi connectivity index (χ3v) is 3.35. The molecule has 0 aliphatic heterocycles. The summed E-state index contributed by atoms with van der Waals surface area (Å²) in [7, 11) is 0. The minimum atomic E-state index is -0.374. The maximum atomic E-state index is 11.7. The highest BCUT2D eigenvalue weighted by atomic mass is 16.5. The van der Waals surface area contributed by atoms with Crippen LogP contribution in [0.15, 0.2) is 18.2 Å². The van der Waals surface area contributed by atoms with E-state index in [9.17, 15) is 4.79 Å². The average molecular weight is 264 g/mol. The third-order valence-electron chi connectivity index (χ3n) is 3.35. The number of benzene rings is 1. The summed E-state index contributed by atoms with van der Waals surface area (Å²) in [6.45, 7) is 9.51. The minimum absolute atomic E-state index is 0.348. The fourth-order valence-corrected chi connectivity index (χ4v) is 1.61. The van der Waals surface area contributed by atoms with Crippen LogP contribution in [0.4, 0.5) is 11.4 Å². The molecule has 0 bridgehead atoms. The van der Waals surface area contributed by atoms with Crippen molar-refractivity contribution < 1.29 is 9.53 Å². The van der Waals surface area contributed by atoms with Crippen molar-refractivity contribution in [3.05, 3.63) is 23.8 Å². The molecular formula is C15H24N2O2. The highest BCUT2D eigenvalue weighted by molar-refractivity contribution is 5.98. The number of ether oxygens (including phenoxy) is 1. The van der Waals surface area contributed by atoms with Crippen LogP contribution >= 0.6 is 0 Å². The zero-order valence-electron chi connectivity index (χ0n) is 12.2. The third kappa shape index (κ3) is 4.16. The molecule has 4 nitrogen and oxygen atoms in total. The monoisotopic (exact) mass is 264 g/mol. The molecule has 0 heterocycles. The Balaban J connectivity index is 2.80. The molecule has 19 heavy (non-hydrogen) atoms. The zero-order valence-corrected chi connectivity index (χ0v) is 12.2. The number of para-hydroxylation sites is 1. The molecule has 1 unspecified atom stereocenters. The molecular weight excluding hydrogens is 240 g/mol. The number of carbonyl (C=O) groups excluding carboxylic acids is 1. The van der Waals surface area contributed by atoms with E-state index in [0.29, 0.717) is 29.7 Å². The fraction of sp³-hybridized carbons (Fsp3) is 0.533.